The minimum Gasteiger partial charge on any atom is -0.0843 e. The van der Waals surface area contributed by atoms with E-state index < -0.39 is 0 Å². The molecule has 0 N–H and O–H groups in total. The van der Waals surface area contributed by atoms with Crippen LogP contribution >= 0.6 is 11.6 Å². The van der Waals surface area contributed by atoms with Crippen molar-refractivity contribution >= 4 is 22.4 Å². The highest BCUT2D eigenvalue weighted by atomic mass is 35.5. The fraction of sp³-hybridized carbons (Fsp3) is 0.385. The van der Waals surface area contributed by atoms with Crippen molar-refractivity contribution in [2.24, 2.45) is 11.8 Å². The summed E-state index contributed by atoms with van der Waals surface area (Å²) in [7, 11) is 0. The molecular weight excluding hydrogens is 348 g/mol. The quantitative estimate of drug-likeness (QED) is 0.435. The number of fused-ring (bicyclic) bond motifs is 3. The average molecular weight is 375 g/mol. The number of halogens is 1. The second-order valence-corrected chi connectivity index (χ2v) is 9.24. The molecule has 138 valence electrons. The van der Waals surface area contributed by atoms with E-state index in [2.05, 4.69) is 55.5 Å². The summed E-state index contributed by atoms with van der Waals surface area (Å²) in [6, 6.07) is 22.1. The Morgan fingerprint density at radius 3 is 2.19 bits per heavy atom. The van der Waals surface area contributed by atoms with Gasteiger partial charge in [-0.05, 0) is 82.5 Å². The van der Waals surface area contributed by atoms with Gasteiger partial charge in [-0.3, -0.25) is 0 Å². The molecule has 0 radical (unpaired) electrons. The number of hydrogen-bond acceptors (Lipinski definition) is 0. The minimum absolute atomic E-state index is 0.363. The third-order valence-electron chi connectivity index (χ3n) is 7.34. The lowest BCUT2D eigenvalue weighted by molar-refractivity contribution is 0.208. The molecular formula is C26H27Cl. The van der Waals surface area contributed by atoms with Crippen LogP contribution in [0.3, 0.4) is 0 Å². The maximum atomic E-state index is 6.11. The zero-order valence-electron chi connectivity index (χ0n) is 16.0. The van der Waals surface area contributed by atoms with Gasteiger partial charge in [-0.1, -0.05) is 79.9 Å². The van der Waals surface area contributed by atoms with Crippen LogP contribution in [0, 0.1) is 11.8 Å². The zero-order chi connectivity index (χ0) is 18.4. The summed E-state index contributed by atoms with van der Waals surface area (Å²) in [6.07, 6.45) is 8.39. The molecule has 27 heavy (non-hydrogen) atoms. The molecule has 2 fully saturated rings. The van der Waals surface area contributed by atoms with Crippen LogP contribution in [-0.4, -0.2) is 0 Å². The van der Waals surface area contributed by atoms with Crippen molar-refractivity contribution in [3.05, 3.63) is 71.2 Å². The summed E-state index contributed by atoms with van der Waals surface area (Å²) in [6.45, 7) is 2.41. The summed E-state index contributed by atoms with van der Waals surface area (Å²) in [5, 5.41) is 3.62. The van der Waals surface area contributed by atoms with Crippen molar-refractivity contribution in [3.63, 3.8) is 0 Å². The van der Waals surface area contributed by atoms with E-state index in [1.54, 1.807) is 5.56 Å². The van der Waals surface area contributed by atoms with E-state index in [0.717, 1.165) is 16.9 Å². The summed E-state index contributed by atoms with van der Waals surface area (Å²) < 4.78 is 0. The predicted molar refractivity (Wildman–Crippen MR) is 116 cm³/mol. The van der Waals surface area contributed by atoms with Gasteiger partial charge in [-0.2, -0.15) is 0 Å². The lowest BCUT2D eigenvalue weighted by atomic mass is 9.63. The normalized spacial score (nSPS) is 27.2. The first-order valence-electron chi connectivity index (χ1n) is 10.5. The lowest BCUT2D eigenvalue weighted by Crippen LogP contribution is -2.33. The largest absolute Gasteiger partial charge is 0.0843 e. The highest BCUT2D eigenvalue weighted by Crippen LogP contribution is 2.54. The fourth-order valence-electron chi connectivity index (χ4n) is 6.08. The summed E-state index contributed by atoms with van der Waals surface area (Å²) in [5.74, 6) is 1.89. The second kappa shape index (κ2) is 6.67. The zero-order valence-corrected chi connectivity index (χ0v) is 16.8. The molecule has 2 aliphatic carbocycles. The van der Waals surface area contributed by atoms with Crippen LogP contribution in [0.5, 0.6) is 0 Å². The van der Waals surface area contributed by atoms with Gasteiger partial charge >= 0.3 is 0 Å². The Kier molecular flexibility index (Phi) is 4.28. The smallest absolute Gasteiger partial charge is 0.0406 e. The maximum absolute atomic E-state index is 6.11. The third kappa shape index (κ3) is 2.90. The van der Waals surface area contributed by atoms with Crippen molar-refractivity contribution in [1.82, 2.24) is 0 Å². The van der Waals surface area contributed by atoms with Crippen LogP contribution < -0.4 is 0 Å². The van der Waals surface area contributed by atoms with Gasteiger partial charge in [0.05, 0.1) is 0 Å². The molecule has 2 unspecified atom stereocenters. The highest BCUT2D eigenvalue weighted by Gasteiger charge is 2.44. The molecule has 3 aromatic rings. The standard InChI is InChI=1S/C26H27Cl/c1-2-26(16-18-7-8-19(15-18)17-26)25-14-13-22(20-9-11-21(27)12-10-20)23-5-3-4-6-24(23)25/h3-6,9-14,18-19H,2,7-8,15-17H2,1H3/t18-,19?,26?/m0/s1. The van der Waals surface area contributed by atoms with Crippen molar-refractivity contribution in [2.75, 3.05) is 0 Å². The Morgan fingerprint density at radius 1 is 0.852 bits per heavy atom. The van der Waals surface area contributed by atoms with Gasteiger partial charge in [0.2, 0.25) is 0 Å². The van der Waals surface area contributed by atoms with Crippen LogP contribution in [0.1, 0.15) is 51.0 Å². The lowest BCUT2D eigenvalue weighted by Gasteiger charge is -2.41. The van der Waals surface area contributed by atoms with Gasteiger partial charge in [0.1, 0.15) is 0 Å². The summed E-state index contributed by atoms with van der Waals surface area (Å²) >= 11 is 6.11. The molecule has 2 bridgehead atoms. The Hall–Kier alpha value is -1.79. The second-order valence-electron chi connectivity index (χ2n) is 8.80. The van der Waals surface area contributed by atoms with E-state index in [0.29, 0.717) is 5.41 Å². The van der Waals surface area contributed by atoms with Crippen molar-refractivity contribution in [2.45, 2.75) is 50.9 Å². The Morgan fingerprint density at radius 2 is 1.52 bits per heavy atom. The molecule has 3 aromatic carbocycles. The molecule has 0 heterocycles. The minimum atomic E-state index is 0.363. The average Bonchev–Trinajstić information content (AvgIpc) is 3.06. The monoisotopic (exact) mass is 374 g/mol. The van der Waals surface area contributed by atoms with Gasteiger partial charge in [0.15, 0.2) is 0 Å². The van der Waals surface area contributed by atoms with Gasteiger partial charge in [-0.25, -0.2) is 0 Å². The molecule has 3 atom stereocenters. The van der Waals surface area contributed by atoms with Crippen LogP contribution in [0.25, 0.3) is 21.9 Å². The molecule has 0 spiro atoms. The van der Waals surface area contributed by atoms with Crippen LogP contribution in [0.15, 0.2) is 60.7 Å². The van der Waals surface area contributed by atoms with Crippen LogP contribution in [0.2, 0.25) is 5.02 Å². The first-order valence-corrected chi connectivity index (χ1v) is 10.8. The first-order chi connectivity index (χ1) is 13.2. The predicted octanol–water partition coefficient (Wildman–Crippen LogP) is 8.02. The Labute approximate surface area is 167 Å². The molecule has 0 aliphatic heterocycles. The molecule has 0 amide bonds. The first kappa shape index (κ1) is 17.3. The fourth-order valence-corrected chi connectivity index (χ4v) is 6.21. The molecule has 1 heteroatoms. The highest BCUT2D eigenvalue weighted by molar-refractivity contribution is 6.30. The molecule has 0 aromatic heterocycles. The van der Waals surface area contributed by atoms with E-state index in [4.69, 9.17) is 11.6 Å². The van der Waals surface area contributed by atoms with E-state index >= 15 is 0 Å². The topological polar surface area (TPSA) is 0 Å². The SMILES string of the molecule is CCC1(c2ccc(-c3ccc(Cl)cc3)c3ccccc23)CC2CC[C@@H](C2)C1. The van der Waals surface area contributed by atoms with Crippen molar-refractivity contribution < 1.29 is 0 Å². The van der Waals surface area contributed by atoms with Gasteiger partial charge in [-0.15, -0.1) is 0 Å². The van der Waals surface area contributed by atoms with Gasteiger partial charge < -0.3 is 0 Å². The molecule has 5 rings (SSSR count). The molecule has 0 nitrogen and oxygen atoms in total. The van der Waals surface area contributed by atoms with E-state index in [-0.39, 0.29) is 0 Å². The number of benzene rings is 3. The molecule has 0 saturated heterocycles. The van der Waals surface area contributed by atoms with E-state index in [9.17, 15) is 0 Å². The number of rotatable bonds is 3. The van der Waals surface area contributed by atoms with Crippen molar-refractivity contribution in [3.8, 4) is 11.1 Å². The summed E-state index contributed by atoms with van der Waals surface area (Å²) in [5.41, 5.74) is 4.52. The van der Waals surface area contributed by atoms with Gasteiger partial charge in [0, 0.05) is 5.02 Å². The van der Waals surface area contributed by atoms with Crippen molar-refractivity contribution in [1.29, 1.82) is 0 Å². The Bertz CT molecular complexity index is 957. The van der Waals surface area contributed by atoms with Crippen LogP contribution in [-0.2, 0) is 5.41 Å². The molecule has 2 saturated carbocycles. The number of hydrogen-bond donors (Lipinski definition) is 0. The van der Waals surface area contributed by atoms with E-state index in [1.807, 2.05) is 12.1 Å². The third-order valence-corrected chi connectivity index (χ3v) is 7.59. The Balaban J connectivity index is 1.68. The summed E-state index contributed by atoms with van der Waals surface area (Å²) in [4.78, 5) is 0. The van der Waals surface area contributed by atoms with Gasteiger partial charge in [0.25, 0.3) is 0 Å². The molecule has 2 aliphatic rings. The van der Waals surface area contributed by atoms with E-state index in [1.165, 1.54) is 60.4 Å². The van der Waals surface area contributed by atoms with Crippen LogP contribution in [0.4, 0.5) is 0 Å². The maximum Gasteiger partial charge on any atom is 0.0406 e.